The van der Waals surface area contributed by atoms with Crippen LogP contribution in [-0.2, 0) is 16.0 Å². The first-order valence-electron chi connectivity index (χ1n) is 5.33. The summed E-state index contributed by atoms with van der Waals surface area (Å²) in [6.45, 7) is 1.70. The topological polar surface area (TPSA) is 66.4 Å². The Morgan fingerprint density at radius 1 is 1.35 bits per heavy atom. The van der Waals surface area contributed by atoms with E-state index in [0.29, 0.717) is 0 Å². The van der Waals surface area contributed by atoms with Crippen LogP contribution in [0.25, 0.3) is 0 Å². The molecule has 4 nitrogen and oxygen atoms in total. The molecule has 1 aromatic carbocycles. The number of carbonyl (C=O) groups is 2. The molecule has 0 saturated heterocycles. The zero-order valence-corrected chi connectivity index (χ0v) is 9.59. The highest BCUT2D eigenvalue weighted by atomic mass is 16.4. The van der Waals surface area contributed by atoms with Gasteiger partial charge in [-0.15, -0.1) is 0 Å². The van der Waals surface area contributed by atoms with Crippen LogP contribution in [-0.4, -0.2) is 23.0 Å². The molecule has 0 heterocycles. The second kappa shape index (κ2) is 6.48. The molecule has 2 N–H and O–H groups in total. The maximum Gasteiger partial charge on any atom is 0.326 e. The zero-order chi connectivity index (χ0) is 12.7. The van der Waals surface area contributed by atoms with E-state index in [4.69, 9.17) is 5.11 Å². The molecular formula is C13H15NO3. The summed E-state index contributed by atoms with van der Waals surface area (Å²) < 4.78 is 0. The molecule has 17 heavy (non-hydrogen) atoms. The Morgan fingerprint density at radius 3 is 2.53 bits per heavy atom. The maximum atomic E-state index is 11.3. The summed E-state index contributed by atoms with van der Waals surface area (Å²) >= 11 is 0. The number of hydrogen-bond donors (Lipinski definition) is 2. The molecule has 0 aliphatic heterocycles. The number of benzene rings is 1. The molecule has 4 heteroatoms. The lowest BCUT2D eigenvalue weighted by molar-refractivity contribution is -0.141. The number of carboxylic acids is 1. The number of carbonyl (C=O) groups excluding carboxylic acids is 1. The summed E-state index contributed by atoms with van der Waals surface area (Å²) in [7, 11) is 0. The van der Waals surface area contributed by atoms with E-state index in [1.54, 1.807) is 13.0 Å². The van der Waals surface area contributed by atoms with E-state index in [9.17, 15) is 9.59 Å². The predicted molar refractivity (Wildman–Crippen MR) is 64.5 cm³/mol. The van der Waals surface area contributed by atoms with Crippen LogP contribution in [0.5, 0.6) is 0 Å². The molecule has 1 amide bonds. The molecule has 0 fully saturated rings. The van der Waals surface area contributed by atoms with Crippen LogP contribution in [0, 0.1) is 0 Å². The minimum absolute atomic E-state index is 0.277. The van der Waals surface area contributed by atoms with E-state index in [2.05, 4.69) is 5.32 Å². The first kappa shape index (κ1) is 13.0. The van der Waals surface area contributed by atoms with Crippen molar-refractivity contribution in [3.63, 3.8) is 0 Å². The highest BCUT2D eigenvalue weighted by Gasteiger charge is 2.18. The monoisotopic (exact) mass is 233 g/mol. The van der Waals surface area contributed by atoms with Crippen molar-refractivity contribution in [2.24, 2.45) is 0 Å². The summed E-state index contributed by atoms with van der Waals surface area (Å²) in [6.07, 6.45) is 3.15. The average Bonchev–Trinajstić information content (AvgIpc) is 2.29. The Labute approximate surface area is 100.0 Å². The molecule has 0 aromatic heterocycles. The number of hydrogen-bond acceptors (Lipinski definition) is 2. The number of carboxylic acid groups (broad SMARTS) is 1. The fourth-order valence-corrected chi connectivity index (χ4v) is 1.42. The van der Waals surface area contributed by atoms with Gasteiger partial charge in [-0.05, 0) is 18.6 Å². The summed E-state index contributed by atoms with van der Waals surface area (Å²) in [5, 5.41) is 11.5. The van der Waals surface area contributed by atoms with Crippen molar-refractivity contribution in [2.45, 2.75) is 19.4 Å². The van der Waals surface area contributed by atoms with Crippen molar-refractivity contribution in [1.82, 2.24) is 5.32 Å². The standard InChI is InChI=1S/C13H15NO3/c1-2-6-12(15)14-11(13(16)17)9-10-7-4-3-5-8-10/h2-8,11H,9H2,1H3,(H,14,15)(H,16,17). The molecule has 0 aliphatic rings. The molecular weight excluding hydrogens is 218 g/mol. The lowest BCUT2D eigenvalue weighted by Gasteiger charge is -2.13. The summed E-state index contributed by atoms with van der Waals surface area (Å²) in [5.74, 6) is -1.43. The SMILES string of the molecule is CC=CC(=O)NC(Cc1ccccc1)C(=O)O. The van der Waals surface area contributed by atoms with E-state index < -0.39 is 17.9 Å². The quantitative estimate of drug-likeness (QED) is 0.755. The van der Waals surface area contributed by atoms with Crippen molar-refractivity contribution in [1.29, 1.82) is 0 Å². The summed E-state index contributed by atoms with van der Waals surface area (Å²) in [6, 6.07) is 8.29. The molecule has 1 aromatic rings. The van der Waals surface area contributed by atoms with E-state index in [0.717, 1.165) is 5.56 Å². The minimum atomic E-state index is -1.04. The van der Waals surface area contributed by atoms with E-state index in [1.165, 1.54) is 6.08 Å². The molecule has 1 rings (SSSR count). The Balaban J connectivity index is 2.67. The lowest BCUT2D eigenvalue weighted by atomic mass is 10.1. The molecule has 1 atom stereocenters. The van der Waals surface area contributed by atoms with Gasteiger partial charge in [0.05, 0.1) is 0 Å². The van der Waals surface area contributed by atoms with Gasteiger partial charge < -0.3 is 10.4 Å². The minimum Gasteiger partial charge on any atom is -0.480 e. The van der Waals surface area contributed by atoms with Crippen LogP contribution in [0.15, 0.2) is 42.5 Å². The van der Waals surface area contributed by atoms with Crippen molar-refractivity contribution < 1.29 is 14.7 Å². The average molecular weight is 233 g/mol. The van der Waals surface area contributed by atoms with Gasteiger partial charge in [-0.3, -0.25) is 4.79 Å². The third-order valence-corrected chi connectivity index (χ3v) is 2.22. The summed E-state index contributed by atoms with van der Waals surface area (Å²) in [5.41, 5.74) is 0.876. The van der Waals surface area contributed by atoms with Crippen LogP contribution < -0.4 is 5.32 Å². The van der Waals surface area contributed by atoms with Gasteiger partial charge in [0.1, 0.15) is 6.04 Å². The van der Waals surface area contributed by atoms with Crippen molar-refractivity contribution in [3.05, 3.63) is 48.0 Å². The van der Waals surface area contributed by atoms with E-state index in [1.807, 2.05) is 30.3 Å². The van der Waals surface area contributed by atoms with Gasteiger partial charge in [0.15, 0.2) is 0 Å². The molecule has 0 radical (unpaired) electrons. The predicted octanol–water partition coefficient (Wildman–Crippen LogP) is 1.37. The molecule has 1 unspecified atom stereocenters. The van der Waals surface area contributed by atoms with E-state index >= 15 is 0 Å². The summed E-state index contributed by atoms with van der Waals surface area (Å²) in [4.78, 5) is 22.3. The van der Waals surface area contributed by atoms with Gasteiger partial charge in [0, 0.05) is 6.42 Å². The smallest absolute Gasteiger partial charge is 0.326 e. The normalized spacial score (nSPS) is 12.3. The molecule has 0 saturated carbocycles. The third-order valence-electron chi connectivity index (χ3n) is 2.22. The second-order valence-corrected chi connectivity index (χ2v) is 3.59. The Bertz CT molecular complexity index is 412. The lowest BCUT2D eigenvalue weighted by Crippen LogP contribution is -2.41. The molecule has 90 valence electrons. The van der Waals surface area contributed by atoms with Gasteiger partial charge in [-0.2, -0.15) is 0 Å². The van der Waals surface area contributed by atoms with Crippen LogP contribution in [0.3, 0.4) is 0 Å². The Morgan fingerprint density at radius 2 is 2.00 bits per heavy atom. The maximum absolute atomic E-state index is 11.3. The largest absolute Gasteiger partial charge is 0.480 e. The van der Waals surface area contributed by atoms with Crippen LogP contribution >= 0.6 is 0 Å². The van der Waals surface area contributed by atoms with E-state index in [-0.39, 0.29) is 6.42 Å². The van der Waals surface area contributed by atoms with Crippen LogP contribution in [0.1, 0.15) is 12.5 Å². The van der Waals surface area contributed by atoms with Gasteiger partial charge in [0.25, 0.3) is 0 Å². The van der Waals surface area contributed by atoms with Crippen LogP contribution in [0.2, 0.25) is 0 Å². The number of amides is 1. The van der Waals surface area contributed by atoms with Gasteiger partial charge in [-0.25, -0.2) is 4.79 Å². The van der Waals surface area contributed by atoms with Crippen molar-refractivity contribution in [2.75, 3.05) is 0 Å². The first-order chi connectivity index (χ1) is 8.13. The van der Waals surface area contributed by atoms with Gasteiger partial charge in [0.2, 0.25) is 5.91 Å². The number of allylic oxidation sites excluding steroid dienone is 1. The number of aliphatic carboxylic acids is 1. The van der Waals surface area contributed by atoms with Gasteiger partial charge >= 0.3 is 5.97 Å². The fraction of sp³-hybridized carbons (Fsp3) is 0.231. The molecule has 0 bridgehead atoms. The Hall–Kier alpha value is -2.10. The van der Waals surface area contributed by atoms with Crippen LogP contribution in [0.4, 0.5) is 0 Å². The molecule has 0 spiro atoms. The fourth-order valence-electron chi connectivity index (χ4n) is 1.42. The Kier molecular flexibility index (Phi) is 4.94. The number of rotatable bonds is 5. The molecule has 0 aliphatic carbocycles. The zero-order valence-electron chi connectivity index (χ0n) is 9.59. The highest BCUT2D eigenvalue weighted by molar-refractivity contribution is 5.91. The van der Waals surface area contributed by atoms with Crippen molar-refractivity contribution >= 4 is 11.9 Å². The first-order valence-corrected chi connectivity index (χ1v) is 5.33. The second-order valence-electron chi connectivity index (χ2n) is 3.59. The third kappa shape index (κ3) is 4.51. The highest BCUT2D eigenvalue weighted by Crippen LogP contribution is 2.03. The van der Waals surface area contributed by atoms with Gasteiger partial charge in [-0.1, -0.05) is 36.4 Å². The number of nitrogens with one attached hydrogen (secondary N) is 1. The van der Waals surface area contributed by atoms with Crippen molar-refractivity contribution in [3.8, 4) is 0 Å².